The molecule has 0 bridgehead atoms. The topological polar surface area (TPSA) is 37.3 Å². The van der Waals surface area contributed by atoms with Crippen LogP contribution < -0.4 is 0 Å². The third-order valence-corrected chi connectivity index (χ3v) is 10.5. The summed E-state index contributed by atoms with van der Waals surface area (Å²) < 4.78 is 0.867. The zero-order chi connectivity index (χ0) is 20.6. The highest BCUT2D eigenvalue weighted by atomic mass is 16.3. The molecule has 28 heavy (non-hydrogen) atoms. The molecule has 160 valence electrons. The lowest BCUT2D eigenvalue weighted by molar-refractivity contribution is -0.902. The van der Waals surface area contributed by atoms with E-state index in [0.29, 0.717) is 29.1 Å². The number of rotatable bonds is 2. The van der Waals surface area contributed by atoms with Crippen LogP contribution in [0.5, 0.6) is 0 Å². The summed E-state index contributed by atoms with van der Waals surface area (Å²) in [7, 11) is 6.77. The summed E-state index contributed by atoms with van der Waals surface area (Å²) in [5.74, 6) is 4.22. The molecule has 3 nitrogen and oxygen atoms in total. The minimum atomic E-state index is -0.155. The Morgan fingerprint density at radius 2 is 1.68 bits per heavy atom. The van der Waals surface area contributed by atoms with Crippen LogP contribution in [-0.2, 0) is 4.79 Å². The molecule has 0 aromatic carbocycles. The first kappa shape index (κ1) is 20.8. The van der Waals surface area contributed by atoms with Crippen molar-refractivity contribution in [3.63, 3.8) is 0 Å². The van der Waals surface area contributed by atoms with Gasteiger partial charge in [-0.05, 0) is 85.9 Å². The van der Waals surface area contributed by atoms with Crippen molar-refractivity contribution >= 4 is 5.78 Å². The molecule has 0 aromatic rings. The van der Waals surface area contributed by atoms with Gasteiger partial charge in [-0.2, -0.15) is 0 Å². The summed E-state index contributed by atoms with van der Waals surface area (Å²) in [4.78, 5) is 12.5. The zero-order valence-electron chi connectivity index (χ0n) is 19.4. The molecule has 0 saturated heterocycles. The number of fused-ring (bicyclic) bond motifs is 5. The fourth-order valence-corrected chi connectivity index (χ4v) is 9.29. The van der Waals surface area contributed by atoms with Crippen molar-refractivity contribution in [2.75, 3.05) is 21.1 Å². The van der Waals surface area contributed by atoms with Gasteiger partial charge >= 0.3 is 0 Å². The highest BCUT2D eigenvalue weighted by Gasteiger charge is 2.63. The minimum absolute atomic E-state index is 0.155. The Bertz CT molecular complexity index is 639. The number of quaternary nitrogens is 1. The van der Waals surface area contributed by atoms with Crippen LogP contribution in [0.4, 0.5) is 0 Å². The predicted octanol–water partition coefficient (Wildman–Crippen LogP) is 4.53. The first-order valence-electron chi connectivity index (χ1n) is 11.9. The Morgan fingerprint density at radius 3 is 2.29 bits per heavy atom. The van der Waals surface area contributed by atoms with Crippen LogP contribution in [0, 0.1) is 46.3 Å². The largest absolute Gasteiger partial charge is 0.387 e. The molecule has 4 saturated carbocycles. The molecule has 4 aliphatic rings. The second-order valence-corrected chi connectivity index (χ2v) is 12.7. The number of ketones is 1. The van der Waals surface area contributed by atoms with E-state index < -0.39 is 0 Å². The van der Waals surface area contributed by atoms with Crippen molar-refractivity contribution in [2.45, 2.75) is 84.8 Å². The summed E-state index contributed by atoms with van der Waals surface area (Å²) in [6, 6.07) is 0.348. The van der Waals surface area contributed by atoms with E-state index in [2.05, 4.69) is 41.9 Å². The Morgan fingerprint density at radius 1 is 1.00 bits per heavy atom. The van der Waals surface area contributed by atoms with Gasteiger partial charge in [0.15, 0.2) is 0 Å². The lowest BCUT2D eigenvalue weighted by Crippen LogP contribution is -2.62. The molecule has 0 aromatic heterocycles. The van der Waals surface area contributed by atoms with Crippen molar-refractivity contribution in [1.82, 2.24) is 0 Å². The molecule has 0 amide bonds. The van der Waals surface area contributed by atoms with Crippen LogP contribution in [0.2, 0.25) is 0 Å². The Balaban J connectivity index is 1.65. The molecular formula is C25H44NO2+. The number of carbonyl (C=O) groups is 1. The van der Waals surface area contributed by atoms with Gasteiger partial charge in [-0.1, -0.05) is 20.8 Å². The first-order valence-corrected chi connectivity index (χ1v) is 11.9. The van der Waals surface area contributed by atoms with Crippen LogP contribution in [0.1, 0.15) is 72.6 Å². The Hall–Kier alpha value is -0.410. The fourth-order valence-electron chi connectivity index (χ4n) is 9.29. The SMILES string of the molecule is CC(=O)[C@H]1[C@H](C)C[C@H]2[C@@H]3CC[C@H]4C[C@H](O)[C@@H]([N+](C)(C)C)C[C@]4(C)[C@H]3CC[C@@]21C. The van der Waals surface area contributed by atoms with Crippen LogP contribution in [0.25, 0.3) is 0 Å². The number of aliphatic hydroxyl groups is 1. The number of carbonyl (C=O) groups excluding carboxylic acids is 1. The molecule has 4 rings (SSSR count). The van der Waals surface area contributed by atoms with E-state index in [1.54, 1.807) is 0 Å². The van der Waals surface area contributed by atoms with Crippen molar-refractivity contribution in [3.8, 4) is 0 Å². The number of hydrogen-bond donors (Lipinski definition) is 1. The van der Waals surface area contributed by atoms with Gasteiger partial charge in [0.2, 0.25) is 0 Å². The molecule has 0 aliphatic heterocycles. The van der Waals surface area contributed by atoms with E-state index in [1.807, 2.05) is 6.92 Å². The van der Waals surface area contributed by atoms with E-state index in [9.17, 15) is 9.90 Å². The standard InChI is InChI=1S/C25H44NO2/c1-15-12-20-18-9-8-17-13-22(28)21(26(5,6)7)14-25(17,4)19(18)10-11-24(20,3)23(15)16(2)27/h15,17-23,28H,8-14H2,1-7H3/q+1/t15-,17+,18-,19+,20+,21+,22+,23-,24+,25+/m1/s1. The molecule has 0 heterocycles. The van der Waals surface area contributed by atoms with Gasteiger partial charge in [-0.25, -0.2) is 0 Å². The smallest absolute Gasteiger partial charge is 0.133 e. The molecule has 4 fully saturated rings. The molecule has 1 N–H and O–H groups in total. The normalized spacial score (nSPS) is 53.9. The molecule has 10 atom stereocenters. The number of likely N-dealkylation sites (N-methyl/N-ethyl adjacent to an activating group) is 1. The second-order valence-electron chi connectivity index (χ2n) is 12.7. The van der Waals surface area contributed by atoms with Crippen molar-refractivity contribution in [1.29, 1.82) is 0 Å². The van der Waals surface area contributed by atoms with Crippen molar-refractivity contribution < 1.29 is 14.4 Å². The molecule has 3 heteroatoms. The average Bonchev–Trinajstić information content (AvgIpc) is 2.84. The van der Waals surface area contributed by atoms with Gasteiger partial charge in [0, 0.05) is 12.3 Å². The minimum Gasteiger partial charge on any atom is -0.387 e. The third-order valence-electron chi connectivity index (χ3n) is 10.5. The monoisotopic (exact) mass is 390 g/mol. The molecule has 0 spiro atoms. The molecular weight excluding hydrogens is 346 g/mol. The van der Waals surface area contributed by atoms with E-state index in [0.717, 1.165) is 28.7 Å². The highest BCUT2D eigenvalue weighted by Crippen LogP contribution is 2.68. The van der Waals surface area contributed by atoms with Crippen molar-refractivity contribution in [2.24, 2.45) is 46.3 Å². The average molecular weight is 391 g/mol. The van der Waals surface area contributed by atoms with E-state index in [-0.39, 0.29) is 17.4 Å². The first-order chi connectivity index (χ1) is 12.9. The number of hydrogen-bond acceptors (Lipinski definition) is 2. The Kier molecular flexibility index (Phi) is 4.87. The number of nitrogens with zero attached hydrogens (tertiary/aromatic N) is 1. The fraction of sp³-hybridized carbons (Fsp3) is 0.960. The molecule has 4 aliphatic carbocycles. The number of Topliss-reactive ketones (excluding diaryl/α,β-unsaturated/α-hetero) is 1. The second kappa shape index (κ2) is 6.54. The summed E-state index contributed by atoms with van der Waals surface area (Å²) in [6.07, 6.45) is 8.39. The lowest BCUT2D eigenvalue weighted by atomic mass is 9.44. The van der Waals surface area contributed by atoms with Crippen LogP contribution in [0.3, 0.4) is 0 Å². The van der Waals surface area contributed by atoms with Gasteiger partial charge in [0.25, 0.3) is 0 Å². The van der Waals surface area contributed by atoms with Crippen molar-refractivity contribution in [3.05, 3.63) is 0 Å². The summed E-state index contributed by atoms with van der Waals surface area (Å²) in [5, 5.41) is 10.9. The van der Waals surface area contributed by atoms with Gasteiger partial charge in [-0.15, -0.1) is 0 Å². The van der Waals surface area contributed by atoms with Crippen LogP contribution >= 0.6 is 0 Å². The molecule has 0 unspecified atom stereocenters. The van der Waals surface area contributed by atoms with Gasteiger partial charge in [-0.3, -0.25) is 4.79 Å². The predicted molar refractivity (Wildman–Crippen MR) is 114 cm³/mol. The van der Waals surface area contributed by atoms with Gasteiger partial charge in [0.1, 0.15) is 17.9 Å². The van der Waals surface area contributed by atoms with E-state index in [4.69, 9.17) is 0 Å². The maximum atomic E-state index is 12.5. The van der Waals surface area contributed by atoms with Crippen LogP contribution in [-0.4, -0.2) is 48.7 Å². The molecule has 0 radical (unpaired) electrons. The Labute approximate surface area is 172 Å². The summed E-state index contributed by atoms with van der Waals surface area (Å²) in [6.45, 7) is 9.21. The summed E-state index contributed by atoms with van der Waals surface area (Å²) >= 11 is 0. The lowest BCUT2D eigenvalue weighted by Gasteiger charge is -2.62. The number of aliphatic hydroxyl groups excluding tert-OH is 1. The van der Waals surface area contributed by atoms with Gasteiger partial charge in [0.05, 0.1) is 21.1 Å². The van der Waals surface area contributed by atoms with Gasteiger partial charge < -0.3 is 9.59 Å². The quantitative estimate of drug-likeness (QED) is 0.704. The highest BCUT2D eigenvalue weighted by molar-refractivity contribution is 5.80. The van der Waals surface area contributed by atoms with E-state index in [1.165, 1.54) is 38.5 Å². The summed E-state index contributed by atoms with van der Waals surface area (Å²) in [5.41, 5.74) is 0.584. The maximum absolute atomic E-state index is 12.5. The zero-order valence-corrected chi connectivity index (χ0v) is 19.4. The van der Waals surface area contributed by atoms with E-state index >= 15 is 0 Å². The maximum Gasteiger partial charge on any atom is 0.133 e. The third kappa shape index (κ3) is 2.86. The van der Waals surface area contributed by atoms with Crippen LogP contribution in [0.15, 0.2) is 0 Å².